The third-order valence-corrected chi connectivity index (χ3v) is 2.74. The molecular weight excluding hydrogens is 258 g/mol. The highest BCUT2D eigenvalue weighted by Crippen LogP contribution is 2.16. The lowest BCUT2D eigenvalue weighted by molar-refractivity contribution is -0.139. The van der Waals surface area contributed by atoms with E-state index in [1.807, 2.05) is 24.3 Å². The first kappa shape index (κ1) is 15.8. The van der Waals surface area contributed by atoms with Crippen LogP contribution >= 0.6 is 0 Å². The first-order valence-electron chi connectivity index (χ1n) is 6.52. The summed E-state index contributed by atoms with van der Waals surface area (Å²) in [5.74, 6) is -0.428. The Hall–Kier alpha value is -2.24. The number of aryl methyl sites for hydroxylation is 1. The SMILES string of the molecule is CCCc1cccc(N(CC(=O)OC)NC(=O)NC)c1. The van der Waals surface area contributed by atoms with Crippen molar-refractivity contribution in [2.24, 2.45) is 0 Å². The van der Waals surface area contributed by atoms with Crippen LogP contribution in [0.2, 0.25) is 0 Å². The number of hydrogen-bond donors (Lipinski definition) is 2. The second-order valence-corrected chi connectivity index (χ2v) is 4.27. The summed E-state index contributed by atoms with van der Waals surface area (Å²) in [6, 6.07) is 7.30. The minimum absolute atomic E-state index is 0.0561. The highest BCUT2D eigenvalue weighted by atomic mass is 16.5. The number of esters is 1. The molecule has 0 spiro atoms. The zero-order valence-corrected chi connectivity index (χ0v) is 12.1. The average Bonchev–Trinajstić information content (AvgIpc) is 2.46. The lowest BCUT2D eigenvalue weighted by Crippen LogP contribution is -2.49. The summed E-state index contributed by atoms with van der Waals surface area (Å²) in [5.41, 5.74) is 4.49. The van der Waals surface area contributed by atoms with Crippen LogP contribution < -0.4 is 15.8 Å². The maximum atomic E-state index is 11.5. The van der Waals surface area contributed by atoms with Gasteiger partial charge in [-0.05, 0) is 24.1 Å². The molecule has 0 aliphatic carbocycles. The molecule has 0 heterocycles. The summed E-state index contributed by atoms with van der Waals surface area (Å²) < 4.78 is 4.64. The fourth-order valence-corrected chi connectivity index (χ4v) is 1.74. The number of carbonyl (C=O) groups excluding carboxylic acids is 2. The second-order valence-electron chi connectivity index (χ2n) is 4.27. The van der Waals surface area contributed by atoms with Crippen LogP contribution in [0.1, 0.15) is 18.9 Å². The number of hydrogen-bond acceptors (Lipinski definition) is 4. The van der Waals surface area contributed by atoms with E-state index in [1.54, 1.807) is 0 Å². The van der Waals surface area contributed by atoms with E-state index >= 15 is 0 Å². The molecule has 0 saturated carbocycles. The lowest BCUT2D eigenvalue weighted by atomic mass is 10.1. The van der Waals surface area contributed by atoms with E-state index in [2.05, 4.69) is 22.4 Å². The zero-order chi connectivity index (χ0) is 15.0. The highest BCUT2D eigenvalue weighted by Gasteiger charge is 2.14. The van der Waals surface area contributed by atoms with Crippen molar-refractivity contribution < 1.29 is 14.3 Å². The largest absolute Gasteiger partial charge is 0.468 e. The van der Waals surface area contributed by atoms with E-state index in [0.717, 1.165) is 24.1 Å². The van der Waals surface area contributed by atoms with Crippen molar-refractivity contribution in [3.8, 4) is 0 Å². The fourth-order valence-electron chi connectivity index (χ4n) is 1.74. The number of amides is 2. The molecule has 2 N–H and O–H groups in total. The number of methoxy groups -OCH3 is 1. The molecule has 0 aliphatic rings. The average molecular weight is 279 g/mol. The Balaban J connectivity index is 2.92. The smallest absolute Gasteiger partial charge is 0.333 e. The molecule has 0 bridgehead atoms. The highest BCUT2D eigenvalue weighted by molar-refractivity contribution is 5.80. The standard InChI is InChI=1S/C14H21N3O3/c1-4-6-11-7-5-8-12(9-11)17(10-13(18)20-3)16-14(19)15-2/h5,7-9H,4,6,10H2,1-3H3,(H2,15,16,19). The minimum Gasteiger partial charge on any atom is -0.468 e. The molecule has 0 unspecified atom stereocenters. The maximum absolute atomic E-state index is 11.5. The van der Waals surface area contributed by atoms with Crippen molar-refractivity contribution in [2.45, 2.75) is 19.8 Å². The Labute approximate surface area is 119 Å². The molecule has 0 aromatic heterocycles. The number of nitrogens with one attached hydrogen (secondary N) is 2. The van der Waals surface area contributed by atoms with Crippen LogP contribution in [0.15, 0.2) is 24.3 Å². The molecule has 1 rings (SSSR count). The topological polar surface area (TPSA) is 70.7 Å². The number of ether oxygens (including phenoxy) is 1. The summed E-state index contributed by atoms with van der Waals surface area (Å²) in [6.45, 7) is 2.04. The Bertz CT molecular complexity index is 445. The Kier molecular flexibility index (Phi) is 6.36. The quantitative estimate of drug-likeness (QED) is 0.611. The van der Waals surface area contributed by atoms with Crippen molar-refractivity contribution in [2.75, 3.05) is 25.7 Å². The van der Waals surface area contributed by atoms with Gasteiger partial charge in [0.15, 0.2) is 0 Å². The van der Waals surface area contributed by atoms with Crippen molar-refractivity contribution in [3.63, 3.8) is 0 Å². The molecule has 1 aromatic rings. The van der Waals surface area contributed by atoms with Crippen LogP contribution in [-0.4, -0.2) is 32.7 Å². The van der Waals surface area contributed by atoms with Crippen LogP contribution in [0.25, 0.3) is 0 Å². The molecule has 1 aromatic carbocycles. The van der Waals surface area contributed by atoms with E-state index in [4.69, 9.17) is 0 Å². The van der Waals surface area contributed by atoms with Gasteiger partial charge < -0.3 is 10.1 Å². The number of anilines is 1. The number of benzene rings is 1. The van der Waals surface area contributed by atoms with Crippen molar-refractivity contribution in [1.82, 2.24) is 10.7 Å². The number of nitrogens with zero attached hydrogens (tertiary/aromatic N) is 1. The molecule has 0 aliphatic heterocycles. The van der Waals surface area contributed by atoms with Gasteiger partial charge in [-0.2, -0.15) is 0 Å². The fraction of sp³-hybridized carbons (Fsp3) is 0.429. The molecule has 0 saturated heterocycles. The van der Waals surface area contributed by atoms with E-state index in [-0.39, 0.29) is 6.54 Å². The summed E-state index contributed by atoms with van der Waals surface area (Å²) >= 11 is 0. The first-order valence-corrected chi connectivity index (χ1v) is 6.52. The van der Waals surface area contributed by atoms with Crippen LogP contribution in [0.3, 0.4) is 0 Å². The predicted octanol–water partition coefficient (Wildman–Crippen LogP) is 1.46. The lowest BCUT2D eigenvalue weighted by Gasteiger charge is -2.24. The Morgan fingerprint density at radius 1 is 1.35 bits per heavy atom. The van der Waals surface area contributed by atoms with Crippen LogP contribution in [0, 0.1) is 0 Å². The number of carbonyl (C=O) groups is 2. The third kappa shape index (κ3) is 4.79. The van der Waals surface area contributed by atoms with Crippen molar-refractivity contribution in [1.29, 1.82) is 0 Å². The summed E-state index contributed by atoms with van der Waals surface area (Å²) in [4.78, 5) is 22.9. The summed E-state index contributed by atoms with van der Waals surface area (Å²) in [7, 11) is 2.83. The Morgan fingerprint density at radius 2 is 2.10 bits per heavy atom. The van der Waals surface area contributed by atoms with Gasteiger partial charge in [0.05, 0.1) is 12.8 Å². The van der Waals surface area contributed by atoms with Crippen LogP contribution in [0.4, 0.5) is 10.5 Å². The molecule has 0 fully saturated rings. The van der Waals surface area contributed by atoms with E-state index < -0.39 is 12.0 Å². The maximum Gasteiger partial charge on any atom is 0.333 e. The van der Waals surface area contributed by atoms with Gasteiger partial charge in [-0.1, -0.05) is 25.5 Å². The molecule has 0 radical (unpaired) electrons. The van der Waals surface area contributed by atoms with Gasteiger partial charge in [-0.25, -0.2) is 10.2 Å². The normalized spacial score (nSPS) is 9.75. The van der Waals surface area contributed by atoms with Gasteiger partial charge in [0.25, 0.3) is 0 Å². The monoisotopic (exact) mass is 279 g/mol. The zero-order valence-electron chi connectivity index (χ0n) is 12.1. The van der Waals surface area contributed by atoms with Gasteiger partial charge in [0, 0.05) is 7.05 Å². The molecule has 6 heteroatoms. The number of hydrazine groups is 1. The van der Waals surface area contributed by atoms with Crippen molar-refractivity contribution >= 4 is 17.7 Å². The van der Waals surface area contributed by atoms with Crippen molar-refractivity contribution in [3.05, 3.63) is 29.8 Å². The number of urea groups is 1. The predicted molar refractivity (Wildman–Crippen MR) is 77.4 cm³/mol. The first-order chi connectivity index (χ1) is 9.60. The third-order valence-electron chi connectivity index (χ3n) is 2.74. The van der Waals surface area contributed by atoms with E-state index in [1.165, 1.54) is 19.2 Å². The van der Waals surface area contributed by atoms with Crippen LogP contribution in [0.5, 0.6) is 0 Å². The second kappa shape index (κ2) is 8.04. The van der Waals surface area contributed by atoms with E-state index in [0.29, 0.717) is 0 Å². The molecular formula is C14H21N3O3. The molecule has 20 heavy (non-hydrogen) atoms. The van der Waals surface area contributed by atoms with Crippen LogP contribution in [-0.2, 0) is 16.0 Å². The molecule has 110 valence electrons. The van der Waals surface area contributed by atoms with Gasteiger partial charge in [-0.3, -0.25) is 9.80 Å². The molecule has 0 atom stereocenters. The van der Waals surface area contributed by atoms with E-state index in [9.17, 15) is 9.59 Å². The summed E-state index contributed by atoms with van der Waals surface area (Å²) in [5, 5.41) is 3.91. The van der Waals surface area contributed by atoms with Gasteiger partial charge in [-0.15, -0.1) is 0 Å². The molecule has 6 nitrogen and oxygen atoms in total. The number of rotatable bonds is 6. The van der Waals surface area contributed by atoms with Gasteiger partial charge in [0.1, 0.15) is 6.54 Å². The minimum atomic E-state index is -0.428. The van der Waals surface area contributed by atoms with Gasteiger partial charge >= 0.3 is 12.0 Å². The molecule has 2 amide bonds. The Morgan fingerprint density at radius 3 is 2.70 bits per heavy atom. The van der Waals surface area contributed by atoms with Gasteiger partial charge in [0.2, 0.25) is 0 Å². The summed E-state index contributed by atoms with van der Waals surface area (Å²) in [6.07, 6.45) is 1.98.